The number of hydrogen-bond donors (Lipinski definition) is 0. The molecule has 110 valence electrons. The topological polar surface area (TPSA) is 77.3 Å². The molecule has 0 aliphatic carbocycles. The molecular formula is C13H9ClFNO4S. The van der Waals surface area contributed by atoms with Gasteiger partial charge in [0.15, 0.2) is 9.84 Å². The summed E-state index contributed by atoms with van der Waals surface area (Å²) in [6.07, 6.45) is 0. The van der Waals surface area contributed by atoms with Gasteiger partial charge in [0.05, 0.1) is 15.6 Å². The molecule has 21 heavy (non-hydrogen) atoms. The van der Waals surface area contributed by atoms with Gasteiger partial charge in [0.25, 0.3) is 5.69 Å². The van der Waals surface area contributed by atoms with Gasteiger partial charge in [-0.3, -0.25) is 10.1 Å². The molecule has 0 fully saturated rings. The molecule has 0 radical (unpaired) electrons. The van der Waals surface area contributed by atoms with E-state index in [0.717, 1.165) is 18.2 Å². The normalized spacial score (nSPS) is 11.3. The molecule has 0 amide bonds. The molecular weight excluding hydrogens is 321 g/mol. The molecule has 0 saturated carbocycles. The van der Waals surface area contributed by atoms with E-state index < -0.39 is 26.3 Å². The van der Waals surface area contributed by atoms with Crippen molar-refractivity contribution in [2.24, 2.45) is 0 Å². The quantitative estimate of drug-likeness (QED) is 0.636. The maximum absolute atomic E-state index is 13.1. The lowest BCUT2D eigenvalue weighted by Crippen LogP contribution is -2.07. The van der Waals surface area contributed by atoms with Crippen molar-refractivity contribution in [3.05, 3.63) is 69.0 Å². The Bertz CT molecular complexity index is 808. The first-order valence-electron chi connectivity index (χ1n) is 5.71. The number of rotatable bonds is 4. The Hall–Kier alpha value is -1.99. The van der Waals surface area contributed by atoms with Crippen LogP contribution < -0.4 is 0 Å². The molecule has 0 aliphatic heterocycles. The van der Waals surface area contributed by atoms with Crippen molar-refractivity contribution in [2.45, 2.75) is 10.6 Å². The van der Waals surface area contributed by atoms with E-state index in [0.29, 0.717) is 0 Å². The highest BCUT2D eigenvalue weighted by atomic mass is 35.5. The fourth-order valence-corrected chi connectivity index (χ4v) is 3.34. The molecule has 2 rings (SSSR count). The van der Waals surface area contributed by atoms with Crippen molar-refractivity contribution in [1.82, 2.24) is 0 Å². The molecule has 0 bridgehead atoms. The summed E-state index contributed by atoms with van der Waals surface area (Å²) in [6.45, 7) is 0. The lowest BCUT2D eigenvalue weighted by atomic mass is 10.2. The van der Waals surface area contributed by atoms with Gasteiger partial charge in [-0.05, 0) is 30.3 Å². The summed E-state index contributed by atoms with van der Waals surface area (Å²) in [5, 5.41) is 11.1. The van der Waals surface area contributed by atoms with E-state index in [-0.39, 0.29) is 21.2 Å². The maximum atomic E-state index is 13.1. The van der Waals surface area contributed by atoms with E-state index in [4.69, 9.17) is 11.6 Å². The second-order valence-corrected chi connectivity index (χ2v) is 6.67. The molecule has 8 heteroatoms. The minimum atomic E-state index is -3.89. The van der Waals surface area contributed by atoms with Crippen LogP contribution in [-0.4, -0.2) is 13.3 Å². The number of halogens is 2. The molecule has 5 nitrogen and oxygen atoms in total. The minimum Gasteiger partial charge on any atom is -0.258 e. The van der Waals surface area contributed by atoms with E-state index in [1.54, 1.807) is 0 Å². The Morgan fingerprint density at radius 3 is 2.52 bits per heavy atom. The van der Waals surface area contributed by atoms with Crippen molar-refractivity contribution in [3.63, 3.8) is 0 Å². The third-order valence-corrected chi connectivity index (χ3v) is 4.64. The molecule has 0 aromatic heterocycles. The third-order valence-electron chi connectivity index (χ3n) is 2.74. The first kappa shape index (κ1) is 15.4. The van der Waals surface area contributed by atoms with E-state index in [2.05, 4.69) is 0 Å². The van der Waals surface area contributed by atoms with Gasteiger partial charge in [-0.1, -0.05) is 17.7 Å². The monoisotopic (exact) mass is 329 g/mol. The summed E-state index contributed by atoms with van der Waals surface area (Å²) in [4.78, 5) is 10.0. The van der Waals surface area contributed by atoms with Gasteiger partial charge < -0.3 is 0 Å². The molecule has 0 unspecified atom stereocenters. The summed E-state index contributed by atoms with van der Waals surface area (Å²) in [5.74, 6) is -1.30. The molecule has 2 aromatic rings. The Kier molecular flexibility index (Phi) is 4.24. The Balaban J connectivity index is 2.44. The van der Waals surface area contributed by atoms with E-state index in [1.807, 2.05) is 0 Å². The van der Waals surface area contributed by atoms with Gasteiger partial charge in [0, 0.05) is 16.7 Å². The fourth-order valence-electron chi connectivity index (χ4n) is 1.78. The molecule has 0 saturated heterocycles. The molecule has 0 atom stereocenters. The van der Waals surface area contributed by atoms with Crippen molar-refractivity contribution in [3.8, 4) is 0 Å². The highest BCUT2D eigenvalue weighted by molar-refractivity contribution is 7.90. The third kappa shape index (κ3) is 3.56. The smallest absolute Gasteiger partial charge is 0.258 e. The highest BCUT2D eigenvalue weighted by Gasteiger charge is 2.22. The van der Waals surface area contributed by atoms with Crippen LogP contribution in [-0.2, 0) is 15.6 Å². The van der Waals surface area contributed by atoms with Gasteiger partial charge in [-0.25, -0.2) is 12.8 Å². The van der Waals surface area contributed by atoms with Crippen LogP contribution in [0.5, 0.6) is 0 Å². The first-order valence-corrected chi connectivity index (χ1v) is 7.74. The van der Waals surface area contributed by atoms with E-state index >= 15 is 0 Å². The predicted octanol–water partition coefficient (Wildman–Crippen LogP) is 3.36. The fraction of sp³-hybridized carbons (Fsp3) is 0.0769. The minimum absolute atomic E-state index is 0.00587. The second kappa shape index (κ2) is 5.79. The van der Waals surface area contributed by atoms with Crippen LogP contribution in [0.25, 0.3) is 0 Å². The molecule has 0 N–H and O–H groups in total. The van der Waals surface area contributed by atoms with E-state index in [1.165, 1.54) is 24.3 Å². The summed E-state index contributed by atoms with van der Waals surface area (Å²) in [6, 6.07) is 8.21. The average Bonchev–Trinajstić information content (AvgIpc) is 2.40. The Labute approximate surface area is 125 Å². The zero-order valence-electron chi connectivity index (χ0n) is 10.5. The van der Waals surface area contributed by atoms with E-state index in [9.17, 15) is 22.9 Å². The Morgan fingerprint density at radius 2 is 1.90 bits per heavy atom. The molecule has 2 aromatic carbocycles. The number of nitro groups is 1. The van der Waals surface area contributed by atoms with Gasteiger partial charge in [0.1, 0.15) is 5.82 Å². The van der Waals surface area contributed by atoms with Crippen LogP contribution in [0.4, 0.5) is 10.1 Å². The standard InChI is InChI=1S/C13H9ClFNO4S/c14-10-5-4-9(13(6-10)16(17)18)8-21(19,20)12-3-1-2-11(15)7-12/h1-7H,8H2. The van der Waals surface area contributed by atoms with Crippen LogP contribution in [0.15, 0.2) is 47.4 Å². The van der Waals surface area contributed by atoms with Gasteiger partial charge in [-0.15, -0.1) is 0 Å². The van der Waals surface area contributed by atoms with Crippen LogP contribution in [0, 0.1) is 15.9 Å². The number of hydrogen-bond acceptors (Lipinski definition) is 4. The summed E-state index contributed by atoms with van der Waals surface area (Å²) >= 11 is 5.67. The lowest BCUT2D eigenvalue weighted by molar-refractivity contribution is -0.385. The number of benzene rings is 2. The summed E-state index contributed by atoms with van der Waals surface area (Å²) < 4.78 is 37.5. The van der Waals surface area contributed by atoms with Gasteiger partial charge in [0.2, 0.25) is 0 Å². The predicted molar refractivity (Wildman–Crippen MR) is 75.4 cm³/mol. The zero-order chi connectivity index (χ0) is 15.6. The second-order valence-electron chi connectivity index (χ2n) is 4.25. The molecule has 0 spiro atoms. The zero-order valence-corrected chi connectivity index (χ0v) is 12.1. The van der Waals surface area contributed by atoms with Crippen LogP contribution in [0.3, 0.4) is 0 Å². The van der Waals surface area contributed by atoms with Crippen molar-refractivity contribution < 1.29 is 17.7 Å². The number of nitrogens with zero attached hydrogens (tertiary/aromatic N) is 1. The Morgan fingerprint density at radius 1 is 1.19 bits per heavy atom. The number of nitro benzene ring substituents is 1. The largest absolute Gasteiger partial charge is 0.275 e. The van der Waals surface area contributed by atoms with Gasteiger partial charge >= 0.3 is 0 Å². The van der Waals surface area contributed by atoms with Crippen LogP contribution in [0.2, 0.25) is 5.02 Å². The summed E-state index contributed by atoms with van der Waals surface area (Å²) in [5.41, 5.74) is -0.392. The van der Waals surface area contributed by atoms with Crippen LogP contribution in [0.1, 0.15) is 5.56 Å². The van der Waals surface area contributed by atoms with Crippen molar-refractivity contribution in [1.29, 1.82) is 0 Å². The van der Waals surface area contributed by atoms with Crippen LogP contribution >= 0.6 is 11.6 Å². The SMILES string of the molecule is O=[N+]([O-])c1cc(Cl)ccc1CS(=O)(=O)c1cccc(F)c1. The summed E-state index contributed by atoms with van der Waals surface area (Å²) in [7, 11) is -3.89. The number of sulfone groups is 1. The maximum Gasteiger partial charge on any atom is 0.275 e. The van der Waals surface area contributed by atoms with Crippen molar-refractivity contribution in [2.75, 3.05) is 0 Å². The molecule has 0 heterocycles. The highest BCUT2D eigenvalue weighted by Crippen LogP contribution is 2.27. The lowest BCUT2D eigenvalue weighted by Gasteiger charge is -2.06. The molecule has 0 aliphatic rings. The average molecular weight is 330 g/mol. The van der Waals surface area contributed by atoms with Crippen molar-refractivity contribution >= 4 is 27.1 Å². The first-order chi connectivity index (χ1) is 9.79. The van der Waals surface area contributed by atoms with Gasteiger partial charge in [-0.2, -0.15) is 0 Å².